The summed E-state index contributed by atoms with van der Waals surface area (Å²) in [6.45, 7) is 3.15. The van der Waals surface area contributed by atoms with Crippen LogP contribution >= 0.6 is 23.4 Å². The Balaban J connectivity index is 1.57. The highest BCUT2D eigenvalue weighted by atomic mass is 35.5. The average molecular weight is 435 g/mol. The molecule has 0 aliphatic carbocycles. The lowest BCUT2D eigenvalue weighted by Crippen LogP contribution is -2.44. The van der Waals surface area contributed by atoms with E-state index in [0.717, 1.165) is 49.7 Å². The molecule has 2 aromatic rings. The fraction of sp³-hybridized carbons (Fsp3) is 0.478. The third-order valence-electron chi connectivity index (χ3n) is 5.38. The van der Waals surface area contributed by atoms with E-state index < -0.39 is 0 Å². The number of nitrogens with one attached hydrogen (secondary N) is 1. The molecule has 1 heterocycles. The van der Waals surface area contributed by atoms with Gasteiger partial charge in [0.2, 0.25) is 0 Å². The number of thioether (sulfide) groups is 1. The van der Waals surface area contributed by atoms with E-state index >= 15 is 0 Å². The lowest BCUT2D eigenvalue weighted by molar-refractivity contribution is 0.147. The number of benzene rings is 2. The summed E-state index contributed by atoms with van der Waals surface area (Å²) < 4.78 is 5.96. The van der Waals surface area contributed by atoms with Gasteiger partial charge in [-0.2, -0.15) is 11.8 Å². The highest BCUT2D eigenvalue weighted by Gasteiger charge is 2.25. The molecule has 0 radical (unpaired) electrons. The Morgan fingerprint density at radius 1 is 1.24 bits per heavy atom. The number of aliphatic hydroxyl groups excluding tert-OH is 1. The van der Waals surface area contributed by atoms with Gasteiger partial charge in [-0.3, -0.25) is 4.90 Å². The Morgan fingerprint density at radius 2 is 2.07 bits per heavy atom. The average Bonchev–Trinajstić information content (AvgIpc) is 3.19. The van der Waals surface area contributed by atoms with Gasteiger partial charge in [0.1, 0.15) is 11.5 Å². The maximum atomic E-state index is 9.61. The summed E-state index contributed by atoms with van der Waals surface area (Å²) >= 11 is 7.83. The molecule has 0 bridgehead atoms. The van der Waals surface area contributed by atoms with Crippen molar-refractivity contribution in [3.63, 3.8) is 0 Å². The van der Waals surface area contributed by atoms with Crippen LogP contribution in [-0.4, -0.2) is 53.8 Å². The van der Waals surface area contributed by atoms with E-state index in [4.69, 9.17) is 16.3 Å². The van der Waals surface area contributed by atoms with Crippen LogP contribution in [-0.2, 0) is 6.54 Å². The Hall–Kier alpha value is -1.24. The van der Waals surface area contributed by atoms with Crippen molar-refractivity contribution < 1.29 is 9.84 Å². The first-order valence-corrected chi connectivity index (χ1v) is 12.0. The molecular weight excluding hydrogens is 404 g/mol. The van der Waals surface area contributed by atoms with Crippen molar-refractivity contribution in [1.29, 1.82) is 0 Å². The van der Waals surface area contributed by atoms with Gasteiger partial charge in [-0.15, -0.1) is 0 Å². The lowest BCUT2D eigenvalue weighted by Gasteiger charge is -2.28. The number of ether oxygens (including phenoxy) is 1. The van der Waals surface area contributed by atoms with E-state index in [2.05, 4.69) is 28.6 Å². The molecule has 0 saturated carbocycles. The largest absolute Gasteiger partial charge is 0.457 e. The maximum Gasteiger partial charge on any atom is 0.127 e. The summed E-state index contributed by atoms with van der Waals surface area (Å²) in [5.74, 6) is 2.74. The van der Waals surface area contributed by atoms with Gasteiger partial charge in [0.15, 0.2) is 0 Å². The minimum atomic E-state index is 0.263. The van der Waals surface area contributed by atoms with Crippen LogP contribution in [0.25, 0.3) is 0 Å². The van der Waals surface area contributed by atoms with Gasteiger partial charge in [0, 0.05) is 30.2 Å². The van der Waals surface area contributed by atoms with Gasteiger partial charge in [-0.05, 0) is 79.8 Å². The Kier molecular flexibility index (Phi) is 9.15. The van der Waals surface area contributed by atoms with Crippen molar-refractivity contribution in [2.75, 3.05) is 31.7 Å². The predicted octanol–water partition coefficient (Wildman–Crippen LogP) is 4.80. The smallest absolute Gasteiger partial charge is 0.127 e. The molecule has 1 fully saturated rings. The topological polar surface area (TPSA) is 44.7 Å². The van der Waals surface area contributed by atoms with Gasteiger partial charge >= 0.3 is 0 Å². The van der Waals surface area contributed by atoms with Gasteiger partial charge in [-0.1, -0.05) is 23.7 Å². The SMILES string of the molecule is CSCCC(CN1CCCC1CO)NCc1cccc(Oc2ccc(Cl)cc2)c1. The first kappa shape index (κ1) is 22.4. The van der Waals surface area contributed by atoms with E-state index in [1.54, 1.807) is 0 Å². The number of rotatable bonds is 11. The molecule has 1 saturated heterocycles. The third-order valence-corrected chi connectivity index (χ3v) is 6.27. The number of hydrogen-bond donors (Lipinski definition) is 2. The molecule has 0 amide bonds. The summed E-state index contributed by atoms with van der Waals surface area (Å²) in [5, 5.41) is 14.0. The first-order chi connectivity index (χ1) is 14.2. The normalized spacial score (nSPS) is 18.1. The molecule has 4 nitrogen and oxygen atoms in total. The summed E-state index contributed by atoms with van der Waals surface area (Å²) in [7, 11) is 0. The van der Waals surface area contributed by atoms with Crippen LogP contribution in [0.1, 0.15) is 24.8 Å². The summed E-state index contributed by atoms with van der Waals surface area (Å²) in [5.41, 5.74) is 1.20. The predicted molar refractivity (Wildman–Crippen MR) is 123 cm³/mol. The minimum Gasteiger partial charge on any atom is -0.457 e. The van der Waals surface area contributed by atoms with E-state index in [0.29, 0.717) is 17.1 Å². The summed E-state index contributed by atoms with van der Waals surface area (Å²) in [6, 6.07) is 16.4. The number of hydrogen-bond acceptors (Lipinski definition) is 5. The number of aliphatic hydroxyl groups is 1. The molecule has 2 aromatic carbocycles. The van der Waals surface area contributed by atoms with Crippen molar-refractivity contribution in [2.24, 2.45) is 0 Å². The van der Waals surface area contributed by atoms with Crippen molar-refractivity contribution in [1.82, 2.24) is 10.2 Å². The van der Waals surface area contributed by atoms with E-state index in [9.17, 15) is 5.11 Å². The van der Waals surface area contributed by atoms with Gasteiger partial charge in [0.25, 0.3) is 0 Å². The van der Waals surface area contributed by atoms with Crippen molar-refractivity contribution in [3.8, 4) is 11.5 Å². The van der Waals surface area contributed by atoms with Crippen molar-refractivity contribution >= 4 is 23.4 Å². The van der Waals surface area contributed by atoms with Crippen LogP contribution < -0.4 is 10.1 Å². The standard InChI is InChI=1S/C23H31ClN2O2S/c1-29-13-11-20(16-26-12-3-5-21(26)17-27)25-15-18-4-2-6-23(14-18)28-22-9-7-19(24)8-10-22/h2,4,6-10,14,20-21,25,27H,3,5,11-13,15-17H2,1H3. The molecule has 2 unspecified atom stereocenters. The van der Waals surface area contributed by atoms with Gasteiger partial charge < -0.3 is 15.2 Å². The fourth-order valence-electron chi connectivity index (χ4n) is 3.76. The molecule has 1 aliphatic rings. The second-order valence-electron chi connectivity index (χ2n) is 7.54. The second-order valence-corrected chi connectivity index (χ2v) is 8.96. The van der Waals surface area contributed by atoms with E-state index in [1.807, 2.05) is 48.2 Å². The molecule has 1 aliphatic heterocycles. The second kappa shape index (κ2) is 11.8. The van der Waals surface area contributed by atoms with Crippen LogP contribution in [0.4, 0.5) is 0 Å². The molecule has 29 heavy (non-hydrogen) atoms. The summed E-state index contributed by atoms with van der Waals surface area (Å²) in [4.78, 5) is 2.44. The van der Waals surface area contributed by atoms with Gasteiger partial charge in [0.05, 0.1) is 6.61 Å². The molecular formula is C23H31ClN2O2S. The van der Waals surface area contributed by atoms with Crippen LogP contribution in [0, 0.1) is 0 Å². The monoisotopic (exact) mass is 434 g/mol. The lowest BCUT2D eigenvalue weighted by atomic mass is 10.1. The number of halogens is 1. The molecule has 2 atom stereocenters. The van der Waals surface area contributed by atoms with Crippen LogP contribution in [0.5, 0.6) is 11.5 Å². The fourth-order valence-corrected chi connectivity index (χ4v) is 4.41. The van der Waals surface area contributed by atoms with Crippen LogP contribution in [0.2, 0.25) is 5.02 Å². The highest BCUT2D eigenvalue weighted by Crippen LogP contribution is 2.24. The summed E-state index contributed by atoms with van der Waals surface area (Å²) in [6.07, 6.45) is 5.57. The van der Waals surface area contributed by atoms with E-state index in [1.165, 1.54) is 12.0 Å². The number of nitrogens with zero attached hydrogens (tertiary/aromatic N) is 1. The van der Waals surface area contributed by atoms with Crippen molar-refractivity contribution in [2.45, 2.75) is 37.9 Å². The van der Waals surface area contributed by atoms with Crippen LogP contribution in [0.3, 0.4) is 0 Å². The maximum absolute atomic E-state index is 9.61. The number of likely N-dealkylation sites (tertiary alicyclic amines) is 1. The quantitative estimate of drug-likeness (QED) is 0.531. The molecule has 6 heteroatoms. The van der Waals surface area contributed by atoms with Crippen molar-refractivity contribution in [3.05, 3.63) is 59.1 Å². The molecule has 158 valence electrons. The zero-order chi connectivity index (χ0) is 20.5. The first-order valence-electron chi connectivity index (χ1n) is 10.3. The highest BCUT2D eigenvalue weighted by molar-refractivity contribution is 7.98. The van der Waals surface area contributed by atoms with Gasteiger partial charge in [-0.25, -0.2) is 0 Å². The van der Waals surface area contributed by atoms with E-state index in [-0.39, 0.29) is 6.61 Å². The third kappa shape index (κ3) is 7.19. The Labute approximate surface area is 183 Å². The molecule has 2 N–H and O–H groups in total. The zero-order valence-corrected chi connectivity index (χ0v) is 18.6. The van der Waals surface area contributed by atoms with Crippen LogP contribution in [0.15, 0.2) is 48.5 Å². The Bertz CT molecular complexity index is 744. The molecule has 3 rings (SSSR count). The Morgan fingerprint density at radius 3 is 2.83 bits per heavy atom. The minimum absolute atomic E-state index is 0.263. The molecule has 0 spiro atoms. The zero-order valence-electron chi connectivity index (χ0n) is 17.0. The molecule has 0 aromatic heterocycles.